The molecule has 0 saturated heterocycles. The van der Waals surface area contributed by atoms with Crippen LogP contribution >= 0.6 is 11.6 Å². The van der Waals surface area contributed by atoms with Crippen molar-refractivity contribution in [2.75, 3.05) is 0 Å². The predicted octanol–water partition coefficient (Wildman–Crippen LogP) is 1.38. The molecule has 0 aliphatic rings. The topological polar surface area (TPSA) is 30.2 Å². The highest BCUT2D eigenvalue weighted by atomic mass is 35.5. The van der Waals surface area contributed by atoms with E-state index in [1.54, 1.807) is 23.1 Å². The molecule has 4 heteroatoms. The number of hydrogen-bond acceptors (Lipinski definition) is 2. The molecular formula is C6H4ClN3. The number of halogens is 1. The molecule has 2 heterocycles. The standard InChI is InChI=1S/C6H4ClN3/c7-6-9-2-1-5-3-8-4-10(5)6/h1-4H. The van der Waals surface area contributed by atoms with Crippen molar-refractivity contribution in [3.05, 3.63) is 30.1 Å². The smallest absolute Gasteiger partial charge is 0.208 e. The van der Waals surface area contributed by atoms with Gasteiger partial charge in [0.15, 0.2) is 0 Å². The van der Waals surface area contributed by atoms with Crippen LogP contribution < -0.4 is 0 Å². The minimum absolute atomic E-state index is 0.440. The third-order valence-corrected chi connectivity index (χ3v) is 1.57. The second-order valence-corrected chi connectivity index (χ2v) is 2.24. The van der Waals surface area contributed by atoms with E-state index in [4.69, 9.17) is 11.6 Å². The Morgan fingerprint density at radius 2 is 2.40 bits per heavy atom. The number of fused-ring (bicyclic) bond motifs is 1. The SMILES string of the molecule is Clc1nccc2cncn12. The highest BCUT2D eigenvalue weighted by Gasteiger charge is 1.95. The molecule has 0 unspecified atom stereocenters. The molecule has 0 radical (unpaired) electrons. The van der Waals surface area contributed by atoms with Gasteiger partial charge in [-0.1, -0.05) is 0 Å². The van der Waals surface area contributed by atoms with E-state index < -0.39 is 0 Å². The van der Waals surface area contributed by atoms with Crippen LogP contribution in [0, 0.1) is 0 Å². The molecular weight excluding hydrogens is 150 g/mol. The first-order chi connectivity index (χ1) is 4.88. The van der Waals surface area contributed by atoms with E-state index in [0.29, 0.717) is 5.28 Å². The van der Waals surface area contributed by atoms with E-state index >= 15 is 0 Å². The molecule has 0 spiro atoms. The summed E-state index contributed by atoms with van der Waals surface area (Å²) in [6, 6.07) is 1.85. The second kappa shape index (κ2) is 1.95. The summed E-state index contributed by atoms with van der Waals surface area (Å²) in [7, 11) is 0. The summed E-state index contributed by atoms with van der Waals surface area (Å²) >= 11 is 5.71. The Bertz CT molecular complexity index is 355. The van der Waals surface area contributed by atoms with Gasteiger partial charge in [0.1, 0.15) is 6.33 Å². The Morgan fingerprint density at radius 3 is 3.20 bits per heavy atom. The van der Waals surface area contributed by atoms with Gasteiger partial charge in [0.2, 0.25) is 5.28 Å². The van der Waals surface area contributed by atoms with Crippen LogP contribution in [0.3, 0.4) is 0 Å². The van der Waals surface area contributed by atoms with Crippen molar-refractivity contribution in [1.82, 2.24) is 14.4 Å². The normalized spacial score (nSPS) is 10.5. The van der Waals surface area contributed by atoms with Crippen LogP contribution in [-0.4, -0.2) is 14.4 Å². The first-order valence-electron chi connectivity index (χ1n) is 2.80. The van der Waals surface area contributed by atoms with Crippen molar-refractivity contribution >= 4 is 17.1 Å². The summed E-state index contributed by atoms with van der Waals surface area (Å²) in [5.41, 5.74) is 0.958. The Hall–Kier alpha value is -1.09. The molecule has 2 aromatic heterocycles. The summed E-state index contributed by atoms with van der Waals surface area (Å²) in [6.07, 6.45) is 5.01. The zero-order valence-electron chi connectivity index (χ0n) is 5.03. The molecule has 0 aliphatic carbocycles. The van der Waals surface area contributed by atoms with E-state index in [1.807, 2.05) is 6.07 Å². The van der Waals surface area contributed by atoms with Crippen LogP contribution in [0.2, 0.25) is 5.28 Å². The summed E-state index contributed by atoms with van der Waals surface area (Å²) in [5, 5.41) is 0.440. The summed E-state index contributed by atoms with van der Waals surface area (Å²) < 4.78 is 1.71. The van der Waals surface area contributed by atoms with Crippen molar-refractivity contribution in [2.24, 2.45) is 0 Å². The number of nitrogens with zero attached hydrogens (tertiary/aromatic N) is 3. The molecule has 0 atom stereocenters. The summed E-state index contributed by atoms with van der Waals surface area (Å²) in [5.74, 6) is 0. The Morgan fingerprint density at radius 1 is 1.50 bits per heavy atom. The van der Waals surface area contributed by atoms with Gasteiger partial charge in [-0.2, -0.15) is 0 Å². The van der Waals surface area contributed by atoms with Crippen molar-refractivity contribution in [3.63, 3.8) is 0 Å². The van der Waals surface area contributed by atoms with Gasteiger partial charge in [0, 0.05) is 6.20 Å². The zero-order chi connectivity index (χ0) is 6.97. The maximum atomic E-state index is 5.71. The lowest BCUT2D eigenvalue weighted by atomic mass is 10.5. The first-order valence-corrected chi connectivity index (χ1v) is 3.18. The molecule has 50 valence electrons. The van der Waals surface area contributed by atoms with Crippen LogP contribution in [0.15, 0.2) is 24.8 Å². The highest BCUT2D eigenvalue weighted by Crippen LogP contribution is 2.07. The van der Waals surface area contributed by atoms with Gasteiger partial charge in [0.25, 0.3) is 0 Å². The second-order valence-electron chi connectivity index (χ2n) is 1.90. The van der Waals surface area contributed by atoms with Gasteiger partial charge in [-0.3, -0.25) is 4.40 Å². The van der Waals surface area contributed by atoms with Crippen LogP contribution in [0.5, 0.6) is 0 Å². The molecule has 0 fully saturated rings. The van der Waals surface area contributed by atoms with E-state index in [2.05, 4.69) is 9.97 Å². The first kappa shape index (κ1) is 5.68. The highest BCUT2D eigenvalue weighted by molar-refractivity contribution is 6.28. The Kier molecular flexibility index (Phi) is 1.11. The minimum atomic E-state index is 0.440. The lowest BCUT2D eigenvalue weighted by Crippen LogP contribution is -1.85. The molecule has 3 nitrogen and oxygen atoms in total. The maximum absolute atomic E-state index is 5.71. The maximum Gasteiger partial charge on any atom is 0.208 e. The fraction of sp³-hybridized carbons (Fsp3) is 0. The van der Waals surface area contributed by atoms with Crippen molar-refractivity contribution < 1.29 is 0 Å². The van der Waals surface area contributed by atoms with Gasteiger partial charge in [-0.05, 0) is 17.7 Å². The third kappa shape index (κ3) is 0.675. The quantitative estimate of drug-likeness (QED) is 0.536. The fourth-order valence-corrected chi connectivity index (χ4v) is 1.02. The van der Waals surface area contributed by atoms with E-state index in [9.17, 15) is 0 Å². The van der Waals surface area contributed by atoms with Crippen LogP contribution in [0.1, 0.15) is 0 Å². The van der Waals surface area contributed by atoms with Gasteiger partial charge in [0.05, 0.1) is 11.7 Å². The minimum Gasteiger partial charge on any atom is -0.274 e. The number of imidazole rings is 1. The van der Waals surface area contributed by atoms with Crippen LogP contribution in [0.25, 0.3) is 5.52 Å². The summed E-state index contributed by atoms with van der Waals surface area (Å²) in [4.78, 5) is 7.77. The Labute approximate surface area is 62.3 Å². The van der Waals surface area contributed by atoms with Crippen molar-refractivity contribution in [1.29, 1.82) is 0 Å². The van der Waals surface area contributed by atoms with E-state index in [1.165, 1.54) is 0 Å². The van der Waals surface area contributed by atoms with Gasteiger partial charge in [-0.25, -0.2) is 9.97 Å². The lowest BCUT2D eigenvalue weighted by Gasteiger charge is -1.92. The van der Waals surface area contributed by atoms with Gasteiger partial charge in [-0.15, -0.1) is 0 Å². The molecule has 0 saturated carbocycles. The Balaban J connectivity index is 2.95. The predicted molar refractivity (Wildman–Crippen MR) is 38.0 cm³/mol. The average Bonchev–Trinajstić information content (AvgIpc) is 2.36. The van der Waals surface area contributed by atoms with Crippen LogP contribution in [-0.2, 0) is 0 Å². The molecule has 0 bridgehead atoms. The molecule has 2 rings (SSSR count). The molecule has 0 amide bonds. The molecule has 10 heavy (non-hydrogen) atoms. The third-order valence-electron chi connectivity index (χ3n) is 1.29. The number of aromatic nitrogens is 3. The van der Waals surface area contributed by atoms with Crippen molar-refractivity contribution in [2.45, 2.75) is 0 Å². The van der Waals surface area contributed by atoms with E-state index in [0.717, 1.165) is 5.52 Å². The molecule has 0 N–H and O–H groups in total. The average molecular weight is 154 g/mol. The fourth-order valence-electron chi connectivity index (χ4n) is 0.820. The molecule has 2 aromatic rings. The van der Waals surface area contributed by atoms with Gasteiger partial charge >= 0.3 is 0 Å². The monoisotopic (exact) mass is 153 g/mol. The van der Waals surface area contributed by atoms with Crippen molar-refractivity contribution in [3.8, 4) is 0 Å². The molecule has 0 aromatic carbocycles. The zero-order valence-corrected chi connectivity index (χ0v) is 5.78. The summed E-state index contributed by atoms with van der Waals surface area (Å²) in [6.45, 7) is 0. The van der Waals surface area contributed by atoms with E-state index in [-0.39, 0.29) is 0 Å². The largest absolute Gasteiger partial charge is 0.274 e. The number of hydrogen-bond donors (Lipinski definition) is 0. The van der Waals surface area contributed by atoms with Gasteiger partial charge < -0.3 is 0 Å². The lowest BCUT2D eigenvalue weighted by molar-refractivity contribution is 1.07. The number of rotatable bonds is 0. The van der Waals surface area contributed by atoms with Crippen LogP contribution in [0.4, 0.5) is 0 Å². The molecule has 0 aliphatic heterocycles.